The predicted octanol–water partition coefficient (Wildman–Crippen LogP) is 4.55. The molecule has 0 saturated heterocycles. The summed E-state index contributed by atoms with van der Waals surface area (Å²) in [5.41, 5.74) is 3.81. The van der Waals surface area contributed by atoms with E-state index in [9.17, 15) is 5.11 Å². The average molecular weight is 313 g/mol. The molecule has 0 aromatic heterocycles. The number of rotatable bonds is 5. The predicted molar refractivity (Wildman–Crippen MR) is 95.1 cm³/mol. The van der Waals surface area contributed by atoms with Crippen molar-refractivity contribution in [2.45, 2.75) is 45.7 Å². The highest BCUT2D eigenvalue weighted by atomic mass is 16.5. The van der Waals surface area contributed by atoms with Crippen molar-refractivity contribution in [1.82, 2.24) is 5.32 Å². The highest BCUT2D eigenvalue weighted by molar-refractivity contribution is 5.41. The molecule has 0 fully saturated rings. The molecule has 1 atom stereocenters. The summed E-state index contributed by atoms with van der Waals surface area (Å²) in [6, 6.07) is 14.5. The molecule has 0 radical (unpaired) electrons. The van der Waals surface area contributed by atoms with Gasteiger partial charge in [-0.25, -0.2) is 0 Å². The lowest BCUT2D eigenvalue weighted by molar-refractivity contribution is 0.373. The number of benzene rings is 2. The molecule has 124 valence electrons. The molecule has 0 spiro atoms. The average Bonchev–Trinajstić information content (AvgIpc) is 2.52. The standard InChI is InChI=1S/C20H27NO2/c1-14(16-7-9-17(10-8-16)20(2,3)4)21-13-15-6-11-19(23-5)18(22)12-15/h6-12,14,21-22H,13H2,1-5H3. The van der Waals surface area contributed by atoms with Gasteiger partial charge in [0.05, 0.1) is 7.11 Å². The molecule has 3 heteroatoms. The van der Waals surface area contributed by atoms with Crippen LogP contribution >= 0.6 is 0 Å². The molecule has 2 aromatic rings. The first kappa shape index (κ1) is 17.4. The molecular formula is C20H27NO2. The molecule has 2 rings (SSSR count). The molecule has 0 aliphatic rings. The van der Waals surface area contributed by atoms with Gasteiger partial charge in [0.2, 0.25) is 0 Å². The van der Waals surface area contributed by atoms with Gasteiger partial charge in [-0.15, -0.1) is 0 Å². The van der Waals surface area contributed by atoms with Crippen LogP contribution in [0, 0.1) is 0 Å². The number of hydrogen-bond donors (Lipinski definition) is 2. The molecular weight excluding hydrogens is 286 g/mol. The molecule has 0 aliphatic heterocycles. The van der Waals surface area contributed by atoms with E-state index < -0.39 is 0 Å². The zero-order valence-corrected chi connectivity index (χ0v) is 14.7. The van der Waals surface area contributed by atoms with Gasteiger partial charge in [0, 0.05) is 12.6 Å². The van der Waals surface area contributed by atoms with Crippen LogP contribution in [0.4, 0.5) is 0 Å². The van der Waals surface area contributed by atoms with Gasteiger partial charge in [-0.05, 0) is 41.2 Å². The minimum absolute atomic E-state index is 0.175. The summed E-state index contributed by atoms with van der Waals surface area (Å²) in [7, 11) is 1.55. The first-order valence-electron chi connectivity index (χ1n) is 8.01. The summed E-state index contributed by atoms with van der Waals surface area (Å²) in [6.07, 6.45) is 0. The Balaban J connectivity index is 1.99. The summed E-state index contributed by atoms with van der Waals surface area (Å²) < 4.78 is 5.06. The summed E-state index contributed by atoms with van der Waals surface area (Å²) in [6.45, 7) is 9.51. The fourth-order valence-corrected chi connectivity index (χ4v) is 2.51. The second kappa shape index (κ2) is 7.05. The lowest BCUT2D eigenvalue weighted by atomic mass is 9.86. The van der Waals surface area contributed by atoms with E-state index in [1.165, 1.54) is 11.1 Å². The van der Waals surface area contributed by atoms with Gasteiger partial charge in [-0.3, -0.25) is 0 Å². The molecule has 2 aromatic carbocycles. The van der Waals surface area contributed by atoms with E-state index in [4.69, 9.17) is 4.74 Å². The van der Waals surface area contributed by atoms with Crippen LogP contribution in [0.2, 0.25) is 0 Å². The van der Waals surface area contributed by atoms with Gasteiger partial charge in [-0.1, -0.05) is 51.1 Å². The SMILES string of the molecule is COc1ccc(CNC(C)c2ccc(C(C)(C)C)cc2)cc1O. The molecule has 0 heterocycles. The number of phenolic OH excluding ortho intramolecular Hbond substituents is 1. The first-order valence-corrected chi connectivity index (χ1v) is 8.01. The summed E-state index contributed by atoms with van der Waals surface area (Å²) in [4.78, 5) is 0. The molecule has 3 nitrogen and oxygen atoms in total. The van der Waals surface area contributed by atoms with Crippen LogP contribution in [0.3, 0.4) is 0 Å². The highest BCUT2D eigenvalue weighted by Crippen LogP contribution is 2.27. The van der Waals surface area contributed by atoms with E-state index in [0.29, 0.717) is 12.3 Å². The Bertz CT molecular complexity index is 642. The van der Waals surface area contributed by atoms with Crippen LogP contribution in [0.1, 0.15) is 50.4 Å². The normalized spacial score (nSPS) is 12.9. The topological polar surface area (TPSA) is 41.5 Å². The third-order valence-electron chi connectivity index (χ3n) is 4.13. The van der Waals surface area contributed by atoms with Crippen molar-refractivity contribution in [2.75, 3.05) is 7.11 Å². The van der Waals surface area contributed by atoms with E-state index >= 15 is 0 Å². The van der Waals surface area contributed by atoms with Crippen LogP contribution in [-0.4, -0.2) is 12.2 Å². The number of methoxy groups -OCH3 is 1. The molecule has 0 saturated carbocycles. The van der Waals surface area contributed by atoms with Crippen molar-refractivity contribution in [3.05, 3.63) is 59.2 Å². The van der Waals surface area contributed by atoms with Crippen LogP contribution < -0.4 is 10.1 Å². The summed E-state index contributed by atoms with van der Waals surface area (Å²) in [5.74, 6) is 0.675. The number of aromatic hydroxyl groups is 1. The van der Waals surface area contributed by atoms with E-state index in [-0.39, 0.29) is 17.2 Å². The maximum Gasteiger partial charge on any atom is 0.160 e. The molecule has 23 heavy (non-hydrogen) atoms. The third kappa shape index (κ3) is 4.49. The first-order chi connectivity index (χ1) is 10.8. The fraction of sp³-hybridized carbons (Fsp3) is 0.400. The Morgan fingerprint density at radius 3 is 2.26 bits per heavy atom. The van der Waals surface area contributed by atoms with E-state index in [1.807, 2.05) is 6.07 Å². The lowest BCUT2D eigenvalue weighted by Gasteiger charge is -2.21. The van der Waals surface area contributed by atoms with E-state index in [2.05, 4.69) is 57.3 Å². The van der Waals surface area contributed by atoms with Gasteiger partial charge in [-0.2, -0.15) is 0 Å². The second-order valence-electron chi connectivity index (χ2n) is 6.98. The van der Waals surface area contributed by atoms with E-state index in [0.717, 1.165) is 5.56 Å². The number of nitrogens with one attached hydrogen (secondary N) is 1. The Kier molecular flexibility index (Phi) is 5.32. The molecule has 0 bridgehead atoms. The Morgan fingerprint density at radius 2 is 1.74 bits per heavy atom. The van der Waals surface area contributed by atoms with Crippen molar-refractivity contribution in [3.8, 4) is 11.5 Å². The largest absolute Gasteiger partial charge is 0.504 e. The quantitative estimate of drug-likeness (QED) is 0.851. The zero-order chi connectivity index (χ0) is 17.0. The Morgan fingerprint density at radius 1 is 1.09 bits per heavy atom. The molecule has 2 N–H and O–H groups in total. The van der Waals surface area contributed by atoms with Crippen molar-refractivity contribution in [2.24, 2.45) is 0 Å². The van der Waals surface area contributed by atoms with Gasteiger partial charge in [0.15, 0.2) is 11.5 Å². The summed E-state index contributed by atoms with van der Waals surface area (Å²) >= 11 is 0. The van der Waals surface area contributed by atoms with Crippen molar-refractivity contribution >= 4 is 0 Å². The van der Waals surface area contributed by atoms with Gasteiger partial charge >= 0.3 is 0 Å². The monoisotopic (exact) mass is 313 g/mol. The molecule has 0 amide bonds. The second-order valence-corrected chi connectivity index (χ2v) is 6.98. The maximum atomic E-state index is 9.83. The number of ether oxygens (including phenoxy) is 1. The summed E-state index contributed by atoms with van der Waals surface area (Å²) in [5, 5.41) is 13.3. The fourth-order valence-electron chi connectivity index (χ4n) is 2.51. The maximum absolute atomic E-state index is 9.83. The van der Waals surface area contributed by atoms with Crippen LogP contribution in [0.25, 0.3) is 0 Å². The van der Waals surface area contributed by atoms with Crippen molar-refractivity contribution in [1.29, 1.82) is 0 Å². The van der Waals surface area contributed by atoms with Crippen molar-refractivity contribution in [3.63, 3.8) is 0 Å². The molecule has 0 aliphatic carbocycles. The highest BCUT2D eigenvalue weighted by Gasteiger charge is 2.14. The lowest BCUT2D eigenvalue weighted by Crippen LogP contribution is -2.18. The van der Waals surface area contributed by atoms with E-state index in [1.54, 1.807) is 19.2 Å². The number of hydrogen-bond acceptors (Lipinski definition) is 3. The Labute approximate surface area is 139 Å². The smallest absolute Gasteiger partial charge is 0.160 e. The molecule has 1 unspecified atom stereocenters. The minimum atomic E-state index is 0.175. The number of phenols is 1. The van der Waals surface area contributed by atoms with Crippen LogP contribution in [0.15, 0.2) is 42.5 Å². The van der Waals surface area contributed by atoms with Gasteiger partial charge in [0.25, 0.3) is 0 Å². The van der Waals surface area contributed by atoms with Gasteiger partial charge in [0.1, 0.15) is 0 Å². The van der Waals surface area contributed by atoms with Gasteiger partial charge < -0.3 is 15.2 Å². The third-order valence-corrected chi connectivity index (χ3v) is 4.13. The minimum Gasteiger partial charge on any atom is -0.504 e. The van der Waals surface area contributed by atoms with Crippen molar-refractivity contribution < 1.29 is 9.84 Å². The Hall–Kier alpha value is -2.00. The van der Waals surface area contributed by atoms with Crippen LogP contribution in [-0.2, 0) is 12.0 Å². The van der Waals surface area contributed by atoms with Crippen LogP contribution in [0.5, 0.6) is 11.5 Å². The zero-order valence-electron chi connectivity index (χ0n) is 14.7.